The molecule has 0 unspecified atom stereocenters. The molecule has 1 amide bonds. The van der Waals surface area contributed by atoms with Crippen molar-refractivity contribution >= 4 is 22.8 Å². The fourth-order valence-electron chi connectivity index (χ4n) is 2.59. The largest absolute Gasteiger partial charge is 0.482 e. The highest BCUT2D eigenvalue weighted by molar-refractivity contribution is 5.96. The summed E-state index contributed by atoms with van der Waals surface area (Å²) < 4.78 is 15.9. The van der Waals surface area contributed by atoms with Crippen LogP contribution in [0.15, 0.2) is 57.7 Å². The molecular formula is C21H19NO6. The van der Waals surface area contributed by atoms with Crippen molar-refractivity contribution in [3.05, 3.63) is 70.1 Å². The number of rotatable bonds is 6. The van der Waals surface area contributed by atoms with Crippen LogP contribution in [0, 0.1) is 6.92 Å². The average Bonchev–Trinajstić information content (AvgIpc) is 2.67. The normalized spacial score (nSPS) is 10.5. The molecule has 7 heteroatoms. The predicted molar refractivity (Wildman–Crippen MR) is 103 cm³/mol. The van der Waals surface area contributed by atoms with Gasteiger partial charge >= 0.3 is 11.6 Å². The lowest BCUT2D eigenvalue weighted by atomic mass is 10.1. The highest BCUT2D eigenvalue weighted by atomic mass is 16.6. The van der Waals surface area contributed by atoms with Gasteiger partial charge in [0.15, 0.2) is 6.61 Å². The summed E-state index contributed by atoms with van der Waals surface area (Å²) in [6.45, 7) is 3.77. The van der Waals surface area contributed by atoms with E-state index in [-0.39, 0.29) is 23.5 Å². The lowest BCUT2D eigenvalue weighted by Gasteiger charge is -2.09. The van der Waals surface area contributed by atoms with E-state index in [0.29, 0.717) is 17.7 Å². The Hall–Kier alpha value is -3.61. The molecule has 0 fully saturated rings. The zero-order valence-electron chi connectivity index (χ0n) is 15.5. The standard InChI is InChI=1S/C21H19NO6/c1-3-22-20(24)16-10-14-8-9-15(11-18(14)28-21(16)25)27-19(23)12-26-17-7-5-4-6-13(17)2/h4-11H,3,12H2,1-2H3,(H,22,24). The summed E-state index contributed by atoms with van der Waals surface area (Å²) in [4.78, 5) is 35.9. The van der Waals surface area contributed by atoms with Crippen LogP contribution in [0.5, 0.6) is 11.5 Å². The number of esters is 1. The third-order valence-corrected chi connectivity index (χ3v) is 3.96. The summed E-state index contributed by atoms with van der Waals surface area (Å²) in [5.41, 5.74) is 0.282. The first-order chi connectivity index (χ1) is 13.5. The van der Waals surface area contributed by atoms with Gasteiger partial charge in [-0.1, -0.05) is 18.2 Å². The van der Waals surface area contributed by atoms with E-state index in [2.05, 4.69) is 5.32 Å². The molecule has 3 rings (SSSR count). The fourth-order valence-corrected chi connectivity index (χ4v) is 2.59. The Kier molecular flexibility index (Phi) is 5.74. The third-order valence-electron chi connectivity index (χ3n) is 3.96. The van der Waals surface area contributed by atoms with Gasteiger partial charge in [-0.25, -0.2) is 9.59 Å². The Morgan fingerprint density at radius 2 is 1.89 bits per heavy atom. The maximum absolute atomic E-state index is 12.0. The van der Waals surface area contributed by atoms with Gasteiger partial charge in [-0.2, -0.15) is 0 Å². The van der Waals surface area contributed by atoms with Crippen molar-refractivity contribution in [1.29, 1.82) is 0 Å². The summed E-state index contributed by atoms with van der Waals surface area (Å²) in [5, 5.41) is 3.09. The molecule has 1 N–H and O–H groups in total. The second-order valence-electron chi connectivity index (χ2n) is 6.03. The van der Waals surface area contributed by atoms with Gasteiger partial charge in [0, 0.05) is 18.0 Å². The number of para-hydroxylation sites is 1. The van der Waals surface area contributed by atoms with E-state index in [0.717, 1.165) is 5.56 Å². The summed E-state index contributed by atoms with van der Waals surface area (Å²) in [7, 11) is 0. The number of ether oxygens (including phenoxy) is 2. The summed E-state index contributed by atoms with van der Waals surface area (Å²) >= 11 is 0. The monoisotopic (exact) mass is 381 g/mol. The van der Waals surface area contributed by atoms with Crippen LogP contribution in [0.1, 0.15) is 22.8 Å². The van der Waals surface area contributed by atoms with Crippen LogP contribution in [0.4, 0.5) is 0 Å². The second-order valence-corrected chi connectivity index (χ2v) is 6.03. The molecule has 0 radical (unpaired) electrons. The molecule has 0 aliphatic heterocycles. The van der Waals surface area contributed by atoms with Gasteiger partial charge in [-0.15, -0.1) is 0 Å². The van der Waals surface area contributed by atoms with Crippen LogP contribution in [0.2, 0.25) is 0 Å². The van der Waals surface area contributed by atoms with Crippen LogP contribution in [-0.2, 0) is 4.79 Å². The molecule has 3 aromatic rings. The molecule has 0 saturated carbocycles. The average molecular weight is 381 g/mol. The number of fused-ring (bicyclic) bond motifs is 1. The van der Waals surface area contributed by atoms with Crippen molar-refractivity contribution in [3.63, 3.8) is 0 Å². The maximum atomic E-state index is 12.0. The van der Waals surface area contributed by atoms with Crippen LogP contribution in [-0.4, -0.2) is 25.0 Å². The van der Waals surface area contributed by atoms with Crippen LogP contribution < -0.4 is 20.4 Å². The fraction of sp³-hybridized carbons (Fsp3) is 0.190. The molecule has 2 aromatic carbocycles. The van der Waals surface area contributed by atoms with E-state index >= 15 is 0 Å². The SMILES string of the molecule is CCNC(=O)c1cc2ccc(OC(=O)COc3ccccc3C)cc2oc1=O. The Morgan fingerprint density at radius 3 is 2.64 bits per heavy atom. The minimum absolute atomic E-state index is 0.0780. The van der Waals surface area contributed by atoms with Crippen molar-refractivity contribution in [2.24, 2.45) is 0 Å². The third kappa shape index (κ3) is 4.37. The van der Waals surface area contributed by atoms with E-state index in [9.17, 15) is 14.4 Å². The molecule has 0 aliphatic rings. The van der Waals surface area contributed by atoms with Gasteiger partial charge in [0.05, 0.1) is 0 Å². The molecule has 1 heterocycles. The number of benzene rings is 2. The highest BCUT2D eigenvalue weighted by Crippen LogP contribution is 2.21. The highest BCUT2D eigenvalue weighted by Gasteiger charge is 2.14. The number of carbonyl (C=O) groups is 2. The van der Waals surface area contributed by atoms with Crippen molar-refractivity contribution < 1.29 is 23.5 Å². The first kappa shape index (κ1) is 19.2. The topological polar surface area (TPSA) is 94.8 Å². The molecule has 0 bridgehead atoms. The van der Waals surface area contributed by atoms with Gasteiger partial charge in [-0.05, 0) is 43.7 Å². The summed E-state index contributed by atoms with van der Waals surface area (Å²) in [5.74, 6) is -0.285. The number of hydrogen-bond acceptors (Lipinski definition) is 6. The predicted octanol–water partition coefficient (Wildman–Crippen LogP) is 2.84. The Balaban J connectivity index is 1.72. The Bertz CT molecular complexity index is 1090. The Morgan fingerprint density at radius 1 is 1.11 bits per heavy atom. The van der Waals surface area contributed by atoms with Crippen LogP contribution in [0.25, 0.3) is 11.0 Å². The number of amides is 1. The van der Waals surface area contributed by atoms with E-state index in [1.807, 2.05) is 25.1 Å². The van der Waals surface area contributed by atoms with Gasteiger partial charge < -0.3 is 19.2 Å². The Labute approximate surface area is 160 Å². The van der Waals surface area contributed by atoms with E-state index in [1.165, 1.54) is 12.1 Å². The van der Waals surface area contributed by atoms with Crippen molar-refractivity contribution in [1.82, 2.24) is 5.32 Å². The minimum Gasteiger partial charge on any atom is -0.482 e. The zero-order valence-corrected chi connectivity index (χ0v) is 15.5. The lowest BCUT2D eigenvalue weighted by molar-refractivity contribution is -0.136. The first-order valence-corrected chi connectivity index (χ1v) is 8.73. The van der Waals surface area contributed by atoms with Crippen LogP contribution >= 0.6 is 0 Å². The van der Waals surface area contributed by atoms with E-state index in [1.54, 1.807) is 25.1 Å². The molecule has 0 saturated heterocycles. The summed E-state index contributed by atoms with van der Waals surface area (Å²) in [6, 6.07) is 13.3. The maximum Gasteiger partial charge on any atom is 0.349 e. The molecule has 0 atom stereocenters. The quantitative estimate of drug-likeness (QED) is 0.401. The molecule has 144 valence electrons. The molecular weight excluding hydrogens is 362 g/mol. The van der Waals surface area contributed by atoms with Crippen molar-refractivity contribution in [2.75, 3.05) is 13.2 Å². The van der Waals surface area contributed by atoms with Gasteiger partial charge in [0.25, 0.3) is 5.91 Å². The molecule has 7 nitrogen and oxygen atoms in total. The minimum atomic E-state index is -0.759. The number of nitrogens with one attached hydrogen (secondary N) is 1. The lowest BCUT2D eigenvalue weighted by Crippen LogP contribution is -2.27. The smallest absolute Gasteiger partial charge is 0.349 e. The summed E-state index contributed by atoms with van der Waals surface area (Å²) in [6.07, 6.45) is 0. The number of carbonyl (C=O) groups excluding carboxylic acids is 2. The van der Waals surface area contributed by atoms with Gasteiger partial charge in [0.2, 0.25) is 0 Å². The number of aryl methyl sites for hydroxylation is 1. The first-order valence-electron chi connectivity index (χ1n) is 8.73. The number of hydrogen-bond donors (Lipinski definition) is 1. The molecule has 0 spiro atoms. The van der Waals surface area contributed by atoms with Gasteiger partial charge in [-0.3, -0.25) is 4.79 Å². The molecule has 28 heavy (non-hydrogen) atoms. The zero-order chi connectivity index (χ0) is 20.1. The second kappa shape index (κ2) is 8.39. The molecule has 1 aromatic heterocycles. The molecule has 0 aliphatic carbocycles. The van der Waals surface area contributed by atoms with E-state index < -0.39 is 17.5 Å². The van der Waals surface area contributed by atoms with E-state index in [4.69, 9.17) is 13.9 Å². The van der Waals surface area contributed by atoms with Crippen molar-refractivity contribution in [2.45, 2.75) is 13.8 Å². The van der Waals surface area contributed by atoms with Gasteiger partial charge in [0.1, 0.15) is 22.6 Å². The van der Waals surface area contributed by atoms with Crippen LogP contribution in [0.3, 0.4) is 0 Å². The van der Waals surface area contributed by atoms with Crippen molar-refractivity contribution in [3.8, 4) is 11.5 Å².